The van der Waals surface area contributed by atoms with Gasteiger partial charge in [0.25, 0.3) is 0 Å². The third kappa shape index (κ3) is 78.7. The molecule has 0 aliphatic carbocycles. The molecule has 9 nitrogen and oxygen atoms in total. The van der Waals surface area contributed by atoms with Crippen molar-refractivity contribution in [3.05, 3.63) is 243 Å². The molecule has 0 aromatic rings. The van der Waals surface area contributed by atoms with E-state index in [-0.39, 0.29) is 32.6 Å². The normalized spacial score (nSPS) is 14.3. The van der Waals surface area contributed by atoms with Crippen molar-refractivity contribution < 1.29 is 37.6 Å². The second kappa shape index (κ2) is 78.8. The molecule has 0 fully saturated rings. The first-order valence-corrected chi connectivity index (χ1v) is 39.0. The van der Waals surface area contributed by atoms with Crippen LogP contribution in [0.3, 0.4) is 0 Å². The van der Waals surface area contributed by atoms with E-state index in [9.17, 15) is 19.0 Å². The summed E-state index contributed by atoms with van der Waals surface area (Å²) >= 11 is 0. The molecule has 2 unspecified atom stereocenters. The van der Waals surface area contributed by atoms with Crippen molar-refractivity contribution in [2.24, 2.45) is 5.73 Å². The minimum Gasteiger partial charge on any atom is -0.462 e. The van der Waals surface area contributed by atoms with Gasteiger partial charge in [-0.05, 0) is 167 Å². The Morgan fingerprint density at radius 1 is 0.309 bits per heavy atom. The van der Waals surface area contributed by atoms with Crippen LogP contribution in [0.5, 0.6) is 0 Å². The van der Waals surface area contributed by atoms with Crippen molar-refractivity contribution in [1.82, 2.24) is 0 Å². The lowest BCUT2D eigenvalue weighted by Gasteiger charge is -2.19. The number of allylic oxidation sites excluding steroid dienone is 40. The fraction of sp³-hybridized carbons (Fsp3) is 0.517. The summed E-state index contributed by atoms with van der Waals surface area (Å²) in [7, 11) is -4.42. The molecule has 540 valence electrons. The number of carbonyl (C=O) groups is 2. The number of rotatable bonds is 67. The monoisotopic (exact) mass is 1350 g/mol. The van der Waals surface area contributed by atoms with Crippen LogP contribution < -0.4 is 5.73 Å². The first kappa shape index (κ1) is 90.8. The first-order chi connectivity index (χ1) is 47.8. The SMILES string of the molecule is CC/C=C\C/C=C\C/C=C\C/C=C\C/C=C\C/C=C\C/C=C\C/C=C\C/C=C\C/C=C\C/C=C\C/C=C\CCCCCCC(=O)OC(COC(=O)CCCCCCCCCCCC/C=C\C/C=C\C/C=C\C/C=C\C/C=C\C/C=C\C/C=C\C/C=C\CC)COP(=O)(O)OCCN. The average Bonchev–Trinajstić information content (AvgIpc) is 2.57. The highest BCUT2D eigenvalue weighted by atomic mass is 31.2. The molecular weight excluding hydrogens is 1220 g/mol. The molecule has 0 aromatic heterocycles. The second-order valence-electron chi connectivity index (χ2n) is 23.7. The largest absolute Gasteiger partial charge is 0.472 e. The molecule has 2 atom stereocenters. The van der Waals surface area contributed by atoms with E-state index in [1.165, 1.54) is 38.5 Å². The Hall–Kier alpha value is -6.19. The quantitative estimate of drug-likeness (QED) is 0.0264. The van der Waals surface area contributed by atoms with Crippen LogP contribution in [0, 0.1) is 0 Å². The van der Waals surface area contributed by atoms with Gasteiger partial charge in [-0.25, -0.2) is 4.57 Å². The number of esters is 2. The van der Waals surface area contributed by atoms with E-state index < -0.39 is 32.5 Å². The van der Waals surface area contributed by atoms with E-state index in [1.807, 2.05) is 0 Å². The Kier molecular flexibility index (Phi) is 73.8. The molecule has 0 spiro atoms. The molecular formula is C87H134NO8P. The number of unbranched alkanes of at least 4 members (excludes halogenated alkanes) is 14. The molecule has 0 saturated carbocycles. The smallest absolute Gasteiger partial charge is 0.462 e. The van der Waals surface area contributed by atoms with Crippen molar-refractivity contribution in [2.45, 2.75) is 264 Å². The first-order valence-electron chi connectivity index (χ1n) is 37.5. The lowest BCUT2D eigenvalue weighted by Crippen LogP contribution is -2.29. The summed E-state index contributed by atoms with van der Waals surface area (Å²) in [6.07, 6.45) is 125. The molecule has 0 aromatic carbocycles. The zero-order valence-corrected chi connectivity index (χ0v) is 61.6. The van der Waals surface area contributed by atoms with Crippen molar-refractivity contribution in [3.63, 3.8) is 0 Å². The molecule has 0 heterocycles. The predicted octanol–water partition coefficient (Wildman–Crippen LogP) is 25.5. The van der Waals surface area contributed by atoms with Crippen LogP contribution >= 0.6 is 7.82 Å². The Morgan fingerprint density at radius 3 is 0.794 bits per heavy atom. The second-order valence-corrected chi connectivity index (χ2v) is 25.1. The zero-order valence-electron chi connectivity index (χ0n) is 60.7. The van der Waals surface area contributed by atoms with Crippen LogP contribution in [0.4, 0.5) is 0 Å². The Morgan fingerprint density at radius 2 is 0.536 bits per heavy atom. The zero-order chi connectivity index (χ0) is 70.0. The predicted molar refractivity (Wildman–Crippen MR) is 421 cm³/mol. The van der Waals surface area contributed by atoms with Gasteiger partial charge in [-0.2, -0.15) is 0 Å². The summed E-state index contributed by atoms with van der Waals surface area (Å²) in [6.45, 7) is 3.45. The van der Waals surface area contributed by atoms with Crippen LogP contribution in [-0.2, 0) is 32.7 Å². The molecule has 97 heavy (non-hydrogen) atoms. The van der Waals surface area contributed by atoms with Gasteiger partial charge in [0, 0.05) is 19.4 Å². The van der Waals surface area contributed by atoms with E-state index in [0.29, 0.717) is 12.8 Å². The van der Waals surface area contributed by atoms with Crippen molar-refractivity contribution >= 4 is 19.8 Å². The average molecular weight is 1350 g/mol. The number of phosphoric ester groups is 1. The van der Waals surface area contributed by atoms with Crippen LogP contribution in [0.2, 0.25) is 0 Å². The maximum absolute atomic E-state index is 12.8. The molecule has 3 N–H and O–H groups in total. The Labute approximate surface area is 593 Å². The van der Waals surface area contributed by atoms with Crippen LogP contribution in [0.1, 0.15) is 258 Å². The van der Waals surface area contributed by atoms with E-state index in [1.54, 1.807) is 0 Å². The number of hydrogen-bond acceptors (Lipinski definition) is 8. The van der Waals surface area contributed by atoms with E-state index in [2.05, 4.69) is 257 Å². The lowest BCUT2D eigenvalue weighted by molar-refractivity contribution is -0.161. The summed E-state index contributed by atoms with van der Waals surface area (Å²) < 4.78 is 33.2. The maximum atomic E-state index is 12.8. The number of hydrogen-bond donors (Lipinski definition) is 2. The highest BCUT2D eigenvalue weighted by molar-refractivity contribution is 7.47. The van der Waals surface area contributed by atoms with E-state index in [4.69, 9.17) is 24.3 Å². The topological polar surface area (TPSA) is 134 Å². The third-order valence-electron chi connectivity index (χ3n) is 14.7. The van der Waals surface area contributed by atoms with Gasteiger partial charge in [-0.15, -0.1) is 0 Å². The number of nitrogens with two attached hydrogens (primary N) is 1. The van der Waals surface area contributed by atoms with Crippen molar-refractivity contribution in [1.29, 1.82) is 0 Å². The van der Waals surface area contributed by atoms with Gasteiger partial charge in [-0.3, -0.25) is 18.6 Å². The summed E-state index contributed by atoms with van der Waals surface area (Å²) in [4.78, 5) is 35.4. The van der Waals surface area contributed by atoms with Crippen molar-refractivity contribution in [2.75, 3.05) is 26.4 Å². The van der Waals surface area contributed by atoms with Gasteiger partial charge in [-0.1, -0.05) is 321 Å². The van der Waals surface area contributed by atoms with Gasteiger partial charge in [0.1, 0.15) is 6.61 Å². The number of phosphoric acid groups is 1. The van der Waals surface area contributed by atoms with Crippen LogP contribution in [0.25, 0.3) is 0 Å². The van der Waals surface area contributed by atoms with Gasteiger partial charge in [0.05, 0.1) is 13.2 Å². The van der Waals surface area contributed by atoms with Gasteiger partial charge in [0.15, 0.2) is 6.10 Å². The minimum absolute atomic E-state index is 0.0355. The van der Waals surface area contributed by atoms with Crippen LogP contribution in [0.15, 0.2) is 243 Å². The molecule has 0 amide bonds. The lowest BCUT2D eigenvalue weighted by atomic mass is 10.1. The summed E-state index contributed by atoms with van der Waals surface area (Å²) in [5, 5.41) is 0. The molecule has 0 radical (unpaired) electrons. The Bertz CT molecular complexity index is 2500. The molecule has 0 saturated heterocycles. The van der Waals surface area contributed by atoms with Crippen molar-refractivity contribution in [3.8, 4) is 0 Å². The van der Waals surface area contributed by atoms with Gasteiger partial charge >= 0.3 is 19.8 Å². The number of carbonyl (C=O) groups excluding carboxylic acids is 2. The third-order valence-corrected chi connectivity index (χ3v) is 15.7. The van der Waals surface area contributed by atoms with E-state index in [0.717, 1.165) is 180 Å². The van der Waals surface area contributed by atoms with Crippen LogP contribution in [-0.4, -0.2) is 49.3 Å². The molecule has 10 heteroatoms. The summed E-state index contributed by atoms with van der Waals surface area (Å²) in [6, 6.07) is 0. The standard InChI is InChI=1S/C87H134NO8P/c1-3-5-7-9-11-13-15-17-19-21-23-25-27-29-31-33-35-37-39-40-41-42-43-44-46-48-50-52-54-56-58-60-62-64-66-68-70-72-74-76-78-80-87(90)96-85(84-95-97(91,92)94-82-81-88)83-93-86(89)79-77-75-73-71-69-67-65-63-61-59-57-55-53-51-49-47-45-38-36-34-32-30-28-26-24-22-20-18-16-14-12-10-8-6-4-2/h5-8,11-14,17-20,23-26,29-32,35-38,40-41,43-44,47-50,53-56,60,62,66,68,85H,3-4,9-10,15-16,21-22,27-28,33-34,39,42,45-46,51-52,57-59,61,63-65,67,69-84,88H2,1-2H3,(H,91,92)/b7-5-,8-6-,13-11-,14-12-,19-17-,20-18-,25-23-,26-24-,31-29-,32-30-,37-35-,38-36-,41-40-,44-43-,49-47-,50-48-,55-53-,56-54-,62-60-,68-66-. The molecule has 0 rings (SSSR count). The summed E-state index contributed by atoms with van der Waals surface area (Å²) in [5.74, 6) is -0.879. The maximum Gasteiger partial charge on any atom is 0.472 e. The minimum atomic E-state index is -4.42. The highest BCUT2D eigenvalue weighted by Crippen LogP contribution is 2.43. The fourth-order valence-electron chi connectivity index (χ4n) is 9.28. The summed E-state index contributed by atoms with van der Waals surface area (Å²) in [5.41, 5.74) is 5.40. The highest BCUT2D eigenvalue weighted by Gasteiger charge is 2.26. The molecule has 0 aliphatic rings. The Balaban J connectivity index is 4.05. The number of ether oxygens (including phenoxy) is 2. The van der Waals surface area contributed by atoms with E-state index >= 15 is 0 Å². The van der Waals surface area contributed by atoms with Gasteiger partial charge in [0.2, 0.25) is 0 Å². The van der Waals surface area contributed by atoms with Gasteiger partial charge < -0.3 is 20.1 Å². The molecule has 0 aliphatic heterocycles. The fourth-order valence-corrected chi connectivity index (χ4v) is 10.0. The molecule has 0 bridgehead atoms.